The van der Waals surface area contributed by atoms with Crippen LogP contribution in [0.4, 0.5) is 8.78 Å². The largest absolute Gasteiger partial charge is 0.502 e. The molecule has 3 aromatic rings. The summed E-state index contributed by atoms with van der Waals surface area (Å²) in [6.45, 7) is 3.29. The molecule has 4 rings (SSSR count). The van der Waals surface area contributed by atoms with E-state index in [2.05, 4.69) is 5.32 Å². The van der Waals surface area contributed by atoms with Gasteiger partial charge in [-0.3, -0.25) is 24.1 Å². The van der Waals surface area contributed by atoms with Crippen molar-refractivity contribution in [3.63, 3.8) is 0 Å². The molecule has 1 aliphatic rings. The van der Waals surface area contributed by atoms with E-state index in [1.54, 1.807) is 17.1 Å². The number of aromatic hydroxyl groups is 1. The van der Waals surface area contributed by atoms with Gasteiger partial charge >= 0.3 is 0 Å². The van der Waals surface area contributed by atoms with Crippen LogP contribution in [-0.2, 0) is 17.8 Å². The molecule has 0 spiro atoms. The molecule has 1 aromatic carbocycles. The lowest BCUT2D eigenvalue weighted by atomic mass is 10.1. The second-order valence-corrected chi connectivity index (χ2v) is 8.75. The number of carbonyl (C=O) groups is 2. The Labute approximate surface area is 217 Å². The Morgan fingerprint density at radius 2 is 2.03 bits per heavy atom. The number of furan rings is 1. The first-order chi connectivity index (χ1) is 18.3. The molecule has 38 heavy (non-hydrogen) atoms. The third kappa shape index (κ3) is 5.86. The first-order valence-electron chi connectivity index (χ1n) is 12.2. The van der Waals surface area contributed by atoms with Gasteiger partial charge in [0.25, 0.3) is 11.8 Å². The summed E-state index contributed by atoms with van der Waals surface area (Å²) in [6, 6.07) is 6.33. The Balaban J connectivity index is 1.61. The van der Waals surface area contributed by atoms with Crippen LogP contribution in [0, 0.1) is 11.6 Å². The zero-order valence-electron chi connectivity index (χ0n) is 20.8. The maximum atomic E-state index is 14.0. The van der Waals surface area contributed by atoms with Gasteiger partial charge < -0.3 is 24.5 Å². The number of hydrogen-bond donors (Lipinski definition) is 2. The molecular weight excluding hydrogens is 502 g/mol. The van der Waals surface area contributed by atoms with Gasteiger partial charge in [0.05, 0.1) is 12.8 Å². The fraction of sp³-hybridized carbons (Fsp3) is 0.346. The Morgan fingerprint density at radius 1 is 1.21 bits per heavy atom. The van der Waals surface area contributed by atoms with E-state index >= 15 is 0 Å². The van der Waals surface area contributed by atoms with Gasteiger partial charge in [-0.2, -0.15) is 0 Å². The number of nitrogens with zero attached hydrogens (tertiary/aromatic N) is 3. The number of benzene rings is 1. The molecule has 2 aromatic heterocycles. The maximum absolute atomic E-state index is 14.0. The third-order valence-corrected chi connectivity index (χ3v) is 5.98. The summed E-state index contributed by atoms with van der Waals surface area (Å²) >= 11 is 0. The van der Waals surface area contributed by atoms with Crippen LogP contribution < -0.4 is 15.8 Å². The minimum absolute atomic E-state index is 0.00946. The highest BCUT2D eigenvalue weighted by Gasteiger charge is 2.34. The van der Waals surface area contributed by atoms with E-state index in [9.17, 15) is 28.3 Å². The monoisotopic (exact) mass is 530 g/mol. The summed E-state index contributed by atoms with van der Waals surface area (Å²) in [5.41, 5.74) is -1.78. The molecule has 0 radical (unpaired) electrons. The second kappa shape index (κ2) is 11.9. The zero-order valence-corrected chi connectivity index (χ0v) is 20.8. The van der Waals surface area contributed by atoms with Crippen LogP contribution in [0.1, 0.15) is 51.9 Å². The van der Waals surface area contributed by atoms with Crippen LogP contribution in [-0.4, -0.2) is 52.9 Å². The molecule has 0 bridgehead atoms. The summed E-state index contributed by atoms with van der Waals surface area (Å²) in [6.07, 6.45) is 4.07. The Bertz CT molecular complexity index is 1360. The van der Waals surface area contributed by atoms with E-state index in [0.717, 1.165) is 18.7 Å². The lowest BCUT2D eigenvalue weighted by Crippen LogP contribution is -2.54. The van der Waals surface area contributed by atoms with Crippen molar-refractivity contribution in [1.29, 1.82) is 0 Å². The van der Waals surface area contributed by atoms with E-state index in [-0.39, 0.29) is 31.0 Å². The molecule has 202 valence electrons. The maximum Gasteiger partial charge on any atom is 0.277 e. The molecule has 10 nitrogen and oxygen atoms in total. The molecular formula is C26H28F2N4O6. The number of carbonyl (C=O) groups excluding carboxylic acids is 2. The van der Waals surface area contributed by atoms with Gasteiger partial charge in [-0.25, -0.2) is 8.78 Å². The van der Waals surface area contributed by atoms with Gasteiger partial charge in [0.15, 0.2) is 11.4 Å². The minimum Gasteiger partial charge on any atom is -0.502 e. The van der Waals surface area contributed by atoms with Crippen molar-refractivity contribution < 1.29 is 32.6 Å². The van der Waals surface area contributed by atoms with Gasteiger partial charge in [0, 0.05) is 44.1 Å². The molecule has 0 atom stereocenters. The van der Waals surface area contributed by atoms with Crippen LogP contribution in [0.3, 0.4) is 0 Å². The summed E-state index contributed by atoms with van der Waals surface area (Å²) in [4.78, 5) is 40.5. The normalized spacial score (nSPS) is 13.1. The predicted octanol–water partition coefficient (Wildman–Crippen LogP) is 2.72. The fourth-order valence-electron chi connectivity index (χ4n) is 4.07. The van der Waals surface area contributed by atoms with Gasteiger partial charge in [0.2, 0.25) is 5.43 Å². The average molecular weight is 531 g/mol. The van der Waals surface area contributed by atoms with Crippen molar-refractivity contribution in [2.24, 2.45) is 0 Å². The smallest absolute Gasteiger partial charge is 0.277 e. The van der Waals surface area contributed by atoms with Crippen molar-refractivity contribution in [2.75, 3.05) is 31.4 Å². The number of pyridine rings is 1. The zero-order chi connectivity index (χ0) is 27.2. The summed E-state index contributed by atoms with van der Waals surface area (Å²) < 4.78 is 39.3. The van der Waals surface area contributed by atoms with E-state index in [4.69, 9.17) is 9.15 Å². The van der Waals surface area contributed by atoms with E-state index < -0.39 is 40.2 Å². The molecule has 12 heteroatoms. The molecule has 0 unspecified atom stereocenters. The minimum atomic E-state index is -1.05. The highest BCUT2D eigenvalue weighted by Crippen LogP contribution is 2.23. The number of aromatic nitrogens is 1. The van der Waals surface area contributed by atoms with Gasteiger partial charge in [-0.1, -0.05) is 13.0 Å². The van der Waals surface area contributed by atoms with Gasteiger partial charge in [-0.05, 0) is 31.0 Å². The molecule has 3 heterocycles. The lowest BCUT2D eigenvalue weighted by molar-refractivity contribution is 0.0645. The molecule has 2 amide bonds. The van der Waals surface area contributed by atoms with Crippen molar-refractivity contribution >= 4 is 11.8 Å². The standard InChI is InChI=1S/C26H28F2N4O6/c1-2-9-37-10-4-8-30-16-31(14-19-5-3-11-38-19)32-15-20(23(33)24(34)22(32)26(30)36)25(35)29-13-17-6-7-18(27)12-21(17)28/h3,5-7,11-12,15,34H,2,4,8-10,13-14,16H2,1H3,(H,29,35). The highest BCUT2D eigenvalue weighted by molar-refractivity contribution is 5.99. The van der Waals surface area contributed by atoms with Gasteiger partial charge in [-0.15, -0.1) is 0 Å². The van der Waals surface area contributed by atoms with Crippen molar-refractivity contribution in [3.05, 3.63) is 87.2 Å². The molecule has 1 aliphatic heterocycles. The molecule has 0 aliphatic carbocycles. The number of nitrogens with one attached hydrogen (secondary N) is 1. The fourth-order valence-corrected chi connectivity index (χ4v) is 4.07. The number of halogens is 2. The quantitative estimate of drug-likeness (QED) is 0.366. The van der Waals surface area contributed by atoms with E-state index in [1.807, 2.05) is 6.92 Å². The van der Waals surface area contributed by atoms with Crippen LogP contribution in [0.2, 0.25) is 0 Å². The van der Waals surface area contributed by atoms with E-state index in [1.165, 1.54) is 21.9 Å². The molecule has 2 N–H and O–H groups in total. The molecule has 0 saturated heterocycles. The summed E-state index contributed by atoms with van der Waals surface area (Å²) in [7, 11) is 0. The van der Waals surface area contributed by atoms with E-state index in [0.29, 0.717) is 38.0 Å². The number of ether oxygens (including phenoxy) is 1. The average Bonchev–Trinajstić information content (AvgIpc) is 3.40. The number of rotatable bonds is 11. The van der Waals surface area contributed by atoms with Gasteiger partial charge in [0.1, 0.15) is 29.6 Å². The first kappa shape index (κ1) is 26.9. The second-order valence-electron chi connectivity index (χ2n) is 8.75. The molecule has 0 saturated carbocycles. The van der Waals surface area contributed by atoms with Crippen molar-refractivity contribution in [3.8, 4) is 5.75 Å². The topological polar surface area (TPSA) is 117 Å². The van der Waals surface area contributed by atoms with Crippen molar-refractivity contribution in [1.82, 2.24) is 14.9 Å². The third-order valence-electron chi connectivity index (χ3n) is 5.98. The van der Waals surface area contributed by atoms with Crippen LogP contribution >= 0.6 is 0 Å². The lowest BCUT2D eigenvalue weighted by Gasteiger charge is -2.39. The number of fused-ring (bicyclic) bond motifs is 1. The molecule has 0 fully saturated rings. The van der Waals surface area contributed by atoms with Crippen LogP contribution in [0.25, 0.3) is 0 Å². The highest BCUT2D eigenvalue weighted by atomic mass is 19.1. The number of amides is 2. The van der Waals surface area contributed by atoms with Crippen LogP contribution in [0.5, 0.6) is 5.75 Å². The van der Waals surface area contributed by atoms with Crippen molar-refractivity contribution in [2.45, 2.75) is 32.9 Å². The Hall–Kier alpha value is -4.19. The first-order valence-corrected chi connectivity index (χ1v) is 12.2. The van der Waals surface area contributed by atoms with Crippen LogP contribution in [0.15, 0.2) is 52.0 Å². The summed E-state index contributed by atoms with van der Waals surface area (Å²) in [5.74, 6) is -3.43. The predicted molar refractivity (Wildman–Crippen MR) is 132 cm³/mol. The summed E-state index contributed by atoms with van der Waals surface area (Å²) in [5, 5.41) is 14.8. The Kier molecular flexibility index (Phi) is 8.41. The number of hydrogen-bond acceptors (Lipinski definition) is 7. The Morgan fingerprint density at radius 3 is 2.74 bits per heavy atom. The SMILES string of the molecule is CCCOCCCN1CN(Cc2ccco2)n2cc(C(=O)NCc3ccc(F)cc3F)c(=O)c(O)c2C1=O.